The number of ether oxygens (including phenoxy) is 4. The van der Waals surface area contributed by atoms with Gasteiger partial charge in [-0.3, -0.25) is 0 Å². The van der Waals surface area contributed by atoms with Gasteiger partial charge >= 0.3 is 0 Å². The number of anilines is 2. The molecule has 0 bridgehead atoms. The zero-order valence-electron chi connectivity index (χ0n) is 23.6. The van der Waals surface area contributed by atoms with Crippen molar-refractivity contribution in [3.8, 4) is 0 Å². The maximum Gasteiger partial charge on any atom is 0.240 e. The van der Waals surface area contributed by atoms with Gasteiger partial charge in [-0.1, -0.05) is 91.0 Å². The highest BCUT2D eigenvalue weighted by atomic mass is 16.6. The van der Waals surface area contributed by atoms with Crippen LogP contribution >= 0.6 is 0 Å². The molecular formula is C32H36N6O4. The number of nitrogen functional groups attached to an aromatic ring is 2. The van der Waals surface area contributed by atoms with Crippen LogP contribution in [0, 0.1) is 0 Å². The second kappa shape index (κ2) is 14.5. The molecular weight excluding hydrogens is 532 g/mol. The summed E-state index contributed by atoms with van der Waals surface area (Å²) in [6.45, 7) is 3.83. The van der Waals surface area contributed by atoms with E-state index in [-0.39, 0.29) is 11.8 Å². The van der Waals surface area contributed by atoms with Gasteiger partial charge in [0.05, 0.1) is 51.0 Å². The smallest absolute Gasteiger partial charge is 0.240 e. The van der Waals surface area contributed by atoms with Crippen molar-refractivity contribution in [1.29, 1.82) is 0 Å². The molecule has 0 aliphatic rings. The fourth-order valence-corrected chi connectivity index (χ4v) is 4.54. The van der Waals surface area contributed by atoms with E-state index in [9.17, 15) is 0 Å². The van der Waals surface area contributed by atoms with Gasteiger partial charge in [-0.15, -0.1) is 5.10 Å². The standard InChI is InChI=1S/C32H36N6O4/c1-23(41-20-26-15-9-4-10-16-26)29(28-17-35-31-30(33)36-32(34)37-38(28)31)42-27(21-39-18-24-11-5-2-6-12-24)22-40-19-25-13-7-3-8-14-25/h2-17,23,27,29H,18-22H2,1H3,(H4,33,34,36,37)/t23-,29+/m0/s1. The Morgan fingerprint density at radius 2 is 1.26 bits per heavy atom. The summed E-state index contributed by atoms with van der Waals surface area (Å²) in [4.78, 5) is 8.50. The molecule has 0 saturated heterocycles. The fraction of sp³-hybridized carbons (Fsp3) is 0.281. The third-order valence-corrected chi connectivity index (χ3v) is 6.67. The molecule has 0 amide bonds. The zero-order chi connectivity index (χ0) is 29.1. The molecule has 10 nitrogen and oxygen atoms in total. The van der Waals surface area contributed by atoms with Crippen LogP contribution in [-0.2, 0) is 38.8 Å². The van der Waals surface area contributed by atoms with Crippen LogP contribution in [-0.4, -0.2) is 45.0 Å². The quantitative estimate of drug-likeness (QED) is 0.184. The number of rotatable bonds is 15. The maximum absolute atomic E-state index is 6.73. The number of benzene rings is 3. The van der Waals surface area contributed by atoms with Crippen LogP contribution in [0.2, 0.25) is 0 Å². The summed E-state index contributed by atoms with van der Waals surface area (Å²) in [5, 5.41) is 4.37. The average Bonchev–Trinajstić information content (AvgIpc) is 3.44. The van der Waals surface area contributed by atoms with Crippen molar-refractivity contribution >= 4 is 17.4 Å². The molecule has 10 heteroatoms. The lowest BCUT2D eigenvalue weighted by Gasteiger charge is -2.29. The Morgan fingerprint density at radius 3 is 1.81 bits per heavy atom. The van der Waals surface area contributed by atoms with E-state index in [0.717, 1.165) is 16.7 Å². The van der Waals surface area contributed by atoms with E-state index < -0.39 is 18.3 Å². The summed E-state index contributed by atoms with van der Waals surface area (Å²) in [7, 11) is 0. The first-order valence-corrected chi connectivity index (χ1v) is 13.9. The molecule has 0 aliphatic carbocycles. The number of nitrogens with two attached hydrogens (primary N) is 2. The molecule has 5 rings (SSSR count). The lowest BCUT2D eigenvalue weighted by molar-refractivity contribution is -0.143. The number of nitrogens with zero attached hydrogens (tertiary/aromatic N) is 4. The lowest BCUT2D eigenvalue weighted by Crippen LogP contribution is -2.33. The van der Waals surface area contributed by atoms with Crippen LogP contribution in [0.15, 0.2) is 97.2 Å². The van der Waals surface area contributed by atoms with Crippen molar-refractivity contribution in [2.45, 2.75) is 45.1 Å². The number of aromatic nitrogens is 4. The van der Waals surface area contributed by atoms with E-state index >= 15 is 0 Å². The second-order valence-electron chi connectivity index (χ2n) is 9.96. The van der Waals surface area contributed by atoms with Gasteiger partial charge < -0.3 is 30.4 Å². The minimum Gasteiger partial charge on any atom is -0.380 e. The monoisotopic (exact) mass is 568 g/mol. The van der Waals surface area contributed by atoms with Crippen LogP contribution in [0.3, 0.4) is 0 Å². The summed E-state index contributed by atoms with van der Waals surface area (Å²) in [6.07, 6.45) is 0.211. The fourth-order valence-electron chi connectivity index (χ4n) is 4.54. The molecule has 0 fully saturated rings. The molecule has 2 aromatic heterocycles. The molecule has 0 aliphatic heterocycles. The molecule has 2 atom stereocenters. The molecule has 5 aromatic rings. The van der Waals surface area contributed by atoms with E-state index in [0.29, 0.717) is 44.4 Å². The van der Waals surface area contributed by atoms with Crippen LogP contribution in [0.25, 0.3) is 5.65 Å². The summed E-state index contributed by atoms with van der Waals surface area (Å²) in [5.41, 5.74) is 16.2. The Labute approximate surface area is 245 Å². The van der Waals surface area contributed by atoms with E-state index in [1.165, 1.54) is 0 Å². The summed E-state index contributed by atoms with van der Waals surface area (Å²) in [6, 6.07) is 30.0. The van der Waals surface area contributed by atoms with E-state index in [2.05, 4.69) is 15.1 Å². The Morgan fingerprint density at radius 1 is 0.738 bits per heavy atom. The van der Waals surface area contributed by atoms with Crippen LogP contribution < -0.4 is 11.5 Å². The normalized spacial score (nSPS) is 13.0. The minimum atomic E-state index is -0.608. The van der Waals surface area contributed by atoms with Gasteiger partial charge in [-0.05, 0) is 23.6 Å². The summed E-state index contributed by atoms with van der Waals surface area (Å²) >= 11 is 0. The molecule has 2 heterocycles. The molecule has 0 unspecified atom stereocenters. The largest absolute Gasteiger partial charge is 0.380 e. The lowest BCUT2D eigenvalue weighted by atomic mass is 10.1. The van der Waals surface area contributed by atoms with Gasteiger partial charge in [-0.25, -0.2) is 9.50 Å². The third-order valence-electron chi connectivity index (χ3n) is 6.67. The van der Waals surface area contributed by atoms with Gasteiger partial charge in [0.15, 0.2) is 11.5 Å². The highest BCUT2D eigenvalue weighted by molar-refractivity contribution is 5.60. The van der Waals surface area contributed by atoms with Crippen LogP contribution in [0.5, 0.6) is 0 Å². The van der Waals surface area contributed by atoms with Crippen LogP contribution in [0.4, 0.5) is 11.8 Å². The first-order chi connectivity index (χ1) is 20.6. The van der Waals surface area contributed by atoms with E-state index in [4.69, 9.17) is 30.4 Å². The molecule has 3 aromatic carbocycles. The Kier molecular flexibility index (Phi) is 10.1. The number of hydrogen-bond acceptors (Lipinski definition) is 9. The molecule has 0 spiro atoms. The zero-order valence-corrected chi connectivity index (χ0v) is 23.6. The topological polar surface area (TPSA) is 132 Å². The van der Waals surface area contributed by atoms with Crippen molar-refractivity contribution in [3.05, 3.63) is 120 Å². The van der Waals surface area contributed by atoms with Crippen molar-refractivity contribution in [2.75, 3.05) is 24.7 Å². The molecule has 0 radical (unpaired) electrons. The van der Waals surface area contributed by atoms with Gasteiger partial charge in [0.25, 0.3) is 0 Å². The summed E-state index contributed by atoms with van der Waals surface area (Å²) in [5.74, 6) is 0.212. The van der Waals surface area contributed by atoms with Crippen molar-refractivity contribution in [3.63, 3.8) is 0 Å². The Hall–Kier alpha value is -4.35. The van der Waals surface area contributed by atoms with Crippen molar-refractivity contribution in [1.82, 2.24) is 19.6 Å². The SMILES string of the molecule is C[C@H](OCc1ccccc1)[C@@H](OC(COCc1ccccc1)COCc1ccccc1)c1cnc2c(N)nc(N)nn12. The second-order valence-corrected chi connectivity index (χ2v) is 9.96. The molecule has 0 saturated carbocycles. The van der Waals surface area contributed by atoms with E-state index in [1.54, 1.807) is 10.7 Å². The van der Waals surface area contributed by atoms with Crippen LogP contribution in [0.1, 0.15) is 35.4 Å². The number of hydrogen-bond donors (Lipinski definition) is 2. The Bertz CT molecular complexity index is 1470. The van der Waals surface area contributed by atoms with Gasteiger partial charge in [0.2, 0.25) is 5.95 Å². The first-order valence-electron chi connectivity index (χ1n) is 13.9. The van der Waals surface area contributed by atoms with Gasteiger partial charge in [0, 0.05) is 0 Å². The first kappa shape index (κ1) is 29.2. The third kappa shape index (κ3) is 7.89. The average molecular weight is 569 g/mol. The Balaban J connectivity index is 1.37. The predicted octanol–water partition coefficient (Wildman–Crippen LogP) is 4.75. The van der Waals surface area contributed by atoms with Crippen molar-refractivity contribution in [2.24, 2.45) is 0 Å². The number of imidazole rings is 1. The molecule has 218 valence electrons. The highest BCUT2D eigenvalue weighted by Gasteiger charge is 2.29. The highest BCUT2D eigenvalue weighted by Crippen LogP contribution is 2.28. The predicted molar refractivity (Wildman–Crippen MR) is 160 cm³/mol. The van der Waals surface area contributed by atoms with Gasteiger partial charge in [-0.2, -0.15) is 4.98 Å². The van der Waals surface area contributed by atoms with Crippen molar-refractivity contribution < 1.29 is 18.9 Å². The molecule has 4 N–H and O–H groups in total. The maximum atomic E-state index is 6.73. The van der Waals surface area contributed by atoms with Gasteiger partial charge in [0.1, 0.15) is 12.2 Å². The number of fused-ring (bicyclic) bond motifs is 1. The summed E-state index contributed by atoms with van der Waals surface area (Å²) < 4.78 is 26.8. The molecule has 42 heavy (non-hydrogen) atoms. The minimum absolute atomic E-state index is 0.0322. The van der Waals surface area contributed by atoms with E-state index in [1.807, 2.05) is 97.9 Å².